The third-order valence-corrected chi connectivity index (χ3v) is 4.94. The molecule has 1 atom stereocenters. The summed E-state index contributed by atoms with van der Waals surface area (Å²) in [6.07, 6.45) is 0.270. The minimum Gasteiger partial charge on any atom is -0.495 e. The van der Waals surface area contributed by atoms with Crippen molar-refractivity contribution in [3.63, 3.8) is 0 Å². The Hall–Kier alpha value is -3.04. The summed E-state index contributed by atoms with van der Waals surface area (Å²) in [7, 11) is 6.57. The molecule has 2 aromatic rings. The van der Waals surface area contributed by atoms with Gasteiger partial charge in [0.2, 0.25) is 0 Å². The van der Waals surface area contributed by atoms with Gasteiger partial charge in [0.05, 0.1) is 29.9 Å². The number of ether oxygens (including phenoxy) is 2. The normalized spacial score (nSPS) is 17.7. The molecule has 3 N–H and O–H groups in total. The van der Waals surface area contributed by atoms with Crippen molar-refractivity contribution >= 4 is 28.9 Å². The number of fused-ring (bicyclic) bond motifs is 1. The first kappa shape index (κ1) is 20.7. The topological polar surface area (TPSA) is 115 Å². The smallest absolute Gasteiger partial charge is 0.311 e. The number of hydrogen-bond donors (Lipinski definition) is 2. The summed E-state index contributed by atoms with van der Waals surface area (Å²) < 4.78 is 10.4. The van der Waals surface area contributed by atoms with Gasteiger partial charge in [0, 0.05) is 38.2 Å². The molecule has 0 bridgehead atoms. The van der Waals surface area contributed by atoms with E-state index >= 15 is 0 Å². The minimum atomic E-state index is -1.25. The van der Waals surface area contributed by atoms with Crippen molar-refractivity contribution in [1.82, 2.24) is 4.90 Å². The zero-order valence-electron chi connectivity index (χ0n) is 16.5. The van der Waals surface area contributed by atoms with E-state index in [-0.39, 0.29) is 17.9 Å². The lowest BCUT2D eigenvalue weighted by Gasteiger charge is -2.35. The number of nitro groups is 1. The molecule has 10 heteroatoms. The molecule has 0 amide bonds. The summed E-state index contributed by atoms with van der Waals surface area (Å²) in [4.78, 5) is 17.4. The molecule has 3 rings (SSSR count). The molecule has 154 valence electrons. The second-order valence-electron chi connectivity index (χ2n) is 6.85. The van der Waals surface area contributed by atoms with Crippen LogP contribution in [0.15, 0.2) is 35.3 Å². The maximum absolute atomic E-state index is 11.5. The lowest BCUT2D eigenvalue weighted by molar-refractivity contribution is -0.385. The monoisotopic (exact) mass is 419 g/mol. The fourth-order valence-corrected chi connectivity index (χ4v) is 3.49. The lowest BCUT2D eigenvalue weighted by atomic mass is 9.90. The molecule has 0 aliphatic carbocycles. The van der Waals surface area contributed by atoms with Crippen LogP contribution in [0.5, 0.6) is 11.5 Å². The van der Waals surface area contributed by atoms with Gasteiger partial charge in [-0.1, -0.05) is 17.7 Å². The fraction of sp³-hybridized carbons (Fsp3) is 0.316. The van der Waals surface area contributed by atoms with E-state index in [1.165, 1.54) is 20.3 Å². The number of anilines is 1. The van der Waals surface area contributed by atoms with Gasteiger partial charge in [0.1, 0.15) is 11.4 Å². The molecule has 0 aromatic heterocycles. The average Bonchev–Trinajstić information content (AvgIpc) is 2.66. The SMILES string of the molecule is COc1ccc(CC2(N)N=C(N(C)C)Nc3cc(OC)c([N+](=O)[O-])cc32)cc1Cl. The number of aliphatic imine (C=N–C) groups is 1. The van der Waals surface area contributed by atoms with Crippen molar-refractivity contribution in [3.05, 3.63) is 56.6 Å². The van der Waals surface area contributed by atoms with Gasteiger partial charge in [0.15, 0.2) is 11.7 Å². The summed E-state index contributed by atoms with van der Waals surface area (Å²) >= 11 is 6.25. The van der Waals surface area contributed by atoms with Gasteiger partial charge in [-0.05, 0) is 17.7 Å². The number of halogens is 1. The molecule has 0 fully saturated rings. The highest BCUT2D eigenvalue weighted by Gasteiger charge is 2.37. The van der Waals surface area contributed by atoms with E-state index in [1.807, 2.05) is 20.2 Å². The first-order valence-electron chi connectivity index (χ1n) is 8.71. The predicted octanol–water partition coefficient (Wildman–Crippen LogP) is 2.96. The number of nitrogens with one attached hydrogen (secondary N) is 1. The van der Waals surface area contributed by atoms with Crippen LogP contribution in [-0.2, 0) is 12.1 Å². The Kier molecular flexibility index (Phi) is 5.54. The van der Waals surface area contributed by atoms with Crippen LogP contribution in [0.2, 0.25) is 5.02 Å². The molecular weight excluding hydrogens is 398 g/mol. The Labute approximate surface area is 173 Å². The molecule has 1 aliphatic rings. The Morgan fingerprint density at radius 2 is 1.93 bits per heavy atom. The van der Waals surface area contributed by atoms with E-state index in [1.54, 1.807) is 23.1 Å². The number of methoxy groups -OCH3 is 2. The number of hydrogen-bond acceptors (Lipinski definition) is 8. The number of nitrogens with two attached hydrogens (primary N) is 1. The van der Waals surface area contributed by atoms with Gasteiger partial charge in [0.25, 0.3) is 0 Å². The molecule has 1 heterocycles. The Morgan fingerprint density at radius 1 is 1.24 bits per heavy atom. The van der Waals surface area contributed by atoms with Gasteiger partial charge in [-0.25, -0.2) is 4.99 Å². The summed E-state index contributed by atoms with van der Waals surface area (Å²) in [6, 6.07) is 8.30. The summed E-state index contributed by atoms with van der Waals surface area (Å²) in [6.45, 7) is 0. The Balaban J connectivity index is 2.14. The van der Waals surface area contributed by atoms with Crippen LogP contribution in [0.4, 0.5) is 11.4 Å². The van der Waals surface area contributed by atoms with Crippen LogP contribution < -0.4 is 20.5 Å². The van der Waals surface area contributed by atoms with Crippen molar-refractivity contribution in [2.24, 2.45) is 10.7 Å². The number of guanidine groups is 1. The van der Waals surface area contributed by atoms with Crippen LogP contribution in [0.25, 0.3) is 0 Å². The van der Waals surface area contributed by atoms with E-state index in [2.05, 4.69) is 10.3 Å². The average molecular weight is 420 g/mol. The van der Waals surface area contributed by atoms with Crippen LogP contribution in [0.3, 0.4) is 0 Å². The van der Waals surface area contributed by atoms with E-state index in [9.17, 15) is 10.1 Å². The lowest BCUT2D eigenvalue weighted by Crippen LogP contribution is -2.46. The Morgan fingerprint density at radius 3 is 2.48 bits per heavy atom. The van der Waals surface area contributed by atoms with Gasteiger partial charge in [-0.2, -0.15) is 0 Å². The van der Waals surface area contributed by atoms with Crippen molar-refractivity contribution in [2.45, 2.75) is 12.1 Å². The predicted molar refractivity (Wildman–Crippen MR) is 112 cm³/mol. The summed E-state index contributed by atoms with van der Waals surface area (Å²) in [5.41, 5.74) is 7.18. The van der Waals surface area contributed by atoms with Crippen molar-refractivity contribution in [2.75, 3.05) is 33.6 Å². The number of benzene rings is 2. The summed E-state index contributed by atoms with van der Waals surface area (Å²) in [5.74, 6) is 1.21. The van der Waals surface area contributed by atoms with Crippen molar-refractivity contribution < 1.29 is 14.4 Å². The molecule has 0 radical (unpaired) electrons. The molecule has 0 saturated heterocycles. The van der Waals surface area contributed by atoms with Gasteiger partial charge >= 0.3 is 5.69 Å². The standard InChI is InChI=1S/C19H22ClN5O4/c1-24(2)18-22-14-9-17(29-4)15(25(26)27)8-12(14)19(21,23-18)10-11-5-6-16(28-3)13(20)7-11/h5-9H,10,21H2,1-4H3,(H,22,23). The third-order valence-electron chi connectivity index (χ3n) is 4.65. The highest BCUT2D eigenvalue weighted by Crippen LogP contribution is 2.41. The molecule has 2 aromatic carbocycles. The van der Waals surface area contributed by atoms with E-state index in [0.717, 1.165) is 5.56 Å². The highest BCUT2D eigenvalue weighted by atomic mass is 35.5. The van der Waals surface area contributed by atoms with Crippen LogP contribution in [-0.4, -0.2) is 44.1 Å². The second kappa shape index (κ2) is 7.76. The maximum Gasteiger partial charge on any atom is 0.311 e. The fourth-order valence-electron chi connectivity index (χ4n) is 3.21. The molecule has 29 heavy (non-hydrogen) atoms. The molecule has 0 saturated carbocycles. The largest absolute Gasteiger partial charge is 0.495 e. The molecule has 1 aliphatic heterocycles. The molecule has 0 spiro atoms. The number of nitro benzene ring substituents is 1. The van der Waals surface area contributed by atoms with Crippen LogP contribution >= 0.6 is 11.6 Å². The van der Waals surface area contributed by atoms with E-state index < -0.39 is 10.6 Å². The van der Waals surface area contributed by atoms with Crippen molar-refractivity contribution in [1.29, 1.82) is 0 Å². The second-order valence-corrected chi connectivity index (χ2v) is 7.26. The first-order valence-corrected chi connectivity index (χ1v) is 9.08. The molecule has 1 unspecified atom stereocenters. The van der Waals surface area contributed by atoms with Crippen molar-refractivity contribution in [3.8, 4) is 11.5 Å². The minimum absolute atomic E-state index is 0.135. The van der Waals surface area contributed by atoms with Gasteiger partial charge < -0.3 is 25.4 Å². The van der Waals surface area contributed by atoms with Gasteiger partial charge in [-0.15, -0.1) is 0 Å². The Bertz CT molecular complexity index is 995. The third kappa shape index (κ3) is 3.92. The van der Waals surface area contributed by atoms with Crippen LogP contribution in [0.1, 0.15) is 11.1 Å². The highest BCUT2D eigenvalue weighted by molar-refractivity contribution is 6.32. The van der Waals surface area contributed by atoms with Gasteiger partial charge in [-0.3, -0.25) is 10.1 Å². The molecule has 9 nitrogen and oxygen atoms in total. The van der Waals surface area contributed by atoms with E-state index in [4.69, 9.17) is 26.8 Å². The zero-order valence-corrected chi connectivity index (χ0v) is 17.3. The summed E-state index contributed by atoms with van der Waals surface area (Å²) in [5, 5.41) is 15.1. The molecular formula is C19H22ClN5O4. The van der Waals surface area contributed by atoms with Crippen LogP contribution in [0, 0.1) is 10.1 Å². The number of rotatable bonds is 5. The number of nitrogens with zero attached hydrogens (tertiary/aromatic N) is 3. The zero-order chi connectivity index (χ0) is 21.3. The maximum atomic E-state index is 11.5. The first-order chi connectivity index (χ1) is 13.7. The van der Waals surface area contributed by atoms with E-state index in [0.29, 0.717) is 28.0 Å². The quantitative estimate of drug-likeness (QED) is 0.565.